The van der Waals surface area contributed by atoms with Crippen LogP contribution in [0.4, 0.5) is 4.39 Å². The van der Waals surface area contributed by atoms with Crippen LogP contribution in [0.25, 0.3) is 0 Å². The molecular weight excluding hydrogens is 335 g/mol. The summed E-state index contributed by atoms with van der Waals surface area (Å²) in [7, 11) is -3.72. The molecule has 4 nitrogen and oxygen atoms in total. The Labute approximate surface area is 139 Å². The Balaban J connectivity index is 1.86. The average molecular weight is 350 g/mol. The molecule has 1 N–H and O–H groups in total. The lowest BCUT2D eigenvalue weighted by Gasteiger charge is -2.08. The summed E-state index contributed by atoms with van der Waals surface area (Å²) < 4.78 is 40.2. The molecule has 0 amide bonds. The lowest BCUT2D eigenvalue weighted by atomic mass is 10.2. The van der Waals surface area contributed by atoms with E-state index in [0.717, 1.165) is 0 Å². The Morgan fingerprint density at radius 3 is 2.57 bits per heavy atom. The van der Waals surface area contributed by atoms with Crippen LogP contribution in [0.5, 0.6) is 0 Å². The number of sulfonamides is 1. The van der Waals surface area contributed by atoms with Crippen molar-refractivity contribution in [2.45, 2.75) is 10.6 Å². The van der Waals surface area contributed by atoms with Gasteiger partial charge in [0.05, 0.1) is 10.5 Å². The first-order valence-corrected chi connectivity index (χ1v) is 9.48. The van der Waals surface area contributed by atoms with Gasteiger partial charge in [0.15, 0.2) is 0 Å². The number of thioether (sulfide) groups is 1. The number of hydrogen-bond donors (Lipinski definition) is 1. The van der Waals surface area contributed by atoms with Gasteiger partial charge in [-0.3, -0.25) is 0 Å². The zero-order chi connectivity index (χ0) is 16.7. The Kier molecular flexibility index (Phi) is 6.16. The van der Waals surface area contributed by atoms with E-state index in [4.69, 9.17) is 5.26 Å². The summed E-state index contributed by atoms with van der Waals surface area (Å²) in [6, 6.07) is 14.4. The normalized spacial score (nSPS) is 11.1. The monoisotopic (exact) mass is 350 g/mol. The molecule has 0 radical (unpaired) electrons. The quantitative estimate of drug-likeness (QED) is 0.780. The van der Waals surface area contributed by atoms with Gasteiger partial charge in [0.2, 0.25) is 10.0 Å². The maximum Gasteiger partial charge on any atom is 0.241 e. The van der Waals surface area contributed by atoms with Gasteiger partial charge in [-0.15, -0.1) is 0 Å². The number of benzene rings is 2. The first kappa shape index (κ1) is 17.5. The second kappa shape index (κ2) is 8.11. The molecular formula is C16H15FN2O2S2. The molecule has 0 saturated heterocycles. The summed E-state index contributed by atoms with van der Waals surface area (Å²) in [5, 5.41) is 8.96. The highest BCUT2D eigenvalue weighted by Crippen LogP contribution is 2.16. The molecule has 0 bridgehead atoms. The summed E-state index contributed by atoms with van der Waals surface area (Å²) in [6.45, 7) is 0.210. The van der Waals surface area contributed by atoms with Crippen molar-refractivity contribution in [3.63, 3.8) is 0 Å². The van der Waals surface area contributed by atoms with Crippen LogP contribution in [0, 0.1) is 17.1 Å². The fraction of sp³-hybridized carbons (Fsp3) is 0.188. The number of nitrogens with one attached hydrogen (secondary N) is 1. The zero-order valence-electron chi connectivity index (χ0n) is 12.2. The molecule has 120 valence electrons. The molecule has 0 aliphatic rings. The van der Waals surface area contributed by atoms with Crippen molar-refractivity contribution in [3.05, 3.63) is 65.5 Å². The lowest BCUT2D eigenvalue weighted by molar-refractivity contribution is 0.584. The molecule has 2 rings (SSSR count). The zero-order valence-corrected chi connectivity index (χ0v) is 13.8. The lowest BCUT2D eigenvalue weighted by Crippen LogP contribution is -2.26. The van der Waals surface area contributed by atoms with E-state index in [9.17, 15) is 12.8 Å². The van der Waals surface area contributed by atoms with Crippen LogP contribution in [0.1, 0.15) is 11.1 Å². The number of halogens is 1. The Bertz CT molecular complexity index is 817. The predicted octanol–water partition coefficient (Wildman–Crippen LogP) is 2.91. The summed E-state index contributed by atoms with van der Waals surface area (Å²) in [5.74, 6) is 0.717. The summed E-state index contributed by atoms with van der Waals surface area (Å²) in [5.41, 5.74) is 0.703. The van der Waals surface area contributed by atoms with Gasteiger partial charge in [0.1, 0.15) is 11.9 Å². The highest BCUT2D eigenvalue weighted by atomic mass is 32.2. The van der Waals surface area contributed by atoms with Crippen molar-refractivity contribution < 1.29 is 12.8 Å². The van der Waals surface area contributed by atoms with Crippen molar-refractivity contribution in [1.82, 2.24) is 4.72 Å². The van der Waals surface area contributed by atoms with Crippen molar-refractivity contribution in [3.8, 4) is 6.07 Å². The van der Waals surface area contributed by atoms with Gasteiger partial charge < -0.3 is 0 Å². The van der Waals surface area contributed by atoms with Gasteiger partial charge >= 0.3 is 0 Å². The molecule has 0 unspecified atom stereocenters. The van der Waals surface area contributed by atoms with E-state index in [0.29, 0.717) is 17.1 Å². The number of hydrogen-bond acceptors (Lipinski definition) is 4. The van der Waals surface area contributed by atoms with Crippen LogP contribution < -0.4 is 4.72 Å². The van der Waals surface area contributed by atoms with E-state index in [1.807, 2.05) is 6.07 Å². The molecule has 0 aliphatic heterocycles. The summed E-state index contributed by atoms with van der Waals surface area (Å²) in [4.78, 5) is -0.0263. The first-order valence-electron chi connectivity index (χ1n) is 6.84. The maximum absolute atomic E-state index is 13.4. The molecule has 0 spiro atoms. The second-order valence-corrected chi connectivity index (χ2v) is 7.49. The van der Waals surface area contributed by atoms with Crippen LogP contribution in [0.15, 0.2) is 53.4 Å². The van der Waals surface area contributed by atoms with Crippen molar-refractivity contribution >= 4 is 21.8 Å². The number of rotatable bonds is 7. The van der Waals surface area contributed by atoms with Gasteiger partial charge in [-0.25, -0.2) is 17.5 Å². The maximum atomic E-state index is 13.4. The molecule has 2 aromatic carbocycles. The first-order chi connectivity index (χ1) is 11.0. The minimum absolute atomic E-state index is 0.0263. The molecule has 0 fully saturated rings. The van der Waals surface area contributed by atoms with Crippen LogP contribution in [-0.2, 0) is 15.8 Å². The molecule has 0 heterocycles. The van der Waals surface area contributed by atoms with E-state index in [1.165, 1.54) is 30.0 Å². The minimum Gasteiger partial charge on any atom is -0.210 e. The van der Waals surface area contributed by atoms with Crippen molar-refractivity contribution in [2.75, 3.05) is 12.3 Å². The third kappa shape index (κ3) is 4.79. The van der Waals surface area contributed by atoms with Crippen molar-refractivity contribution in [1.29, 1.82) is 5.26 Å². The average Bonchev–Trinajstić information content (AvgIpc) is 2.56. The molecule has 0 atom stereocenters. The predicted molar refractivity (Wildman–Crippen MR) is 88.9 cm³/mol. The van der Waals surface area contributed by atoms with Gasteiger partial charge in [0.25, 0.3) is 0 Å². The highest BCUT2D eigenvalue weighted by Gasteiger charge is 2.17. The van der Waals surface area contributed by atoms with Crippen LogP contribution >= 0.6 is 11.8 Å². The summed E-state index contributed by atoms with van der Waals surface area (Å²) >= 11 is 1.43. The number of nitriles is 1. The minimum atomic E-state index is -3.72. The fourth-order valence-electron chi connectivity index (χ4n) is 1.92. The molecule has 0 aromatic heterocycles. The third-order valence-electron chi connectivity index (χ3n) is 3.05. The smallest absolute Gasteiger partial charge is 0.210 e. The molecule has 7 heteroatoms. The van der Waals surface area contributed by atoms with E-state index < -0.39 is 10.0 Å². The van der Waals surface area contributed by atoms with Crippen molar-refractivity contribution in [2.24, 2.45) is 0 Å². The molecule has 0 saturated carbocycles. The molecule has 23 heavy (non-hydrogen) atoms. The third-order valence-corrected chi connectivity index (χ3v) is 5.58. The topological polar surface area (TPSA) is 70.0 Å². The largest absolute Gasteiger partial charge is 0.241 e. The summed E-state index contributed by atoms with van der Waals surface area (Å²) in [6.07, 6.45) is 0. The number of nitrogens with zero attached hydrogens (tertiary/aromatic N) is 1. The van der Waals surface area contributed by atoms with Gasteiger partial charge in [0, 0.05) is 18.1 Å². The highest BCUT2D eigenvalue weighted by molar-refractivity contribution is 7.98. The Hall–Kier alpha value is -1.88. The van der Waals surface area contributed by atoms with Gasteiger partial charge in [-0.05, 0) is 23.8 Å². The van der Waals surface area contributed by atoms with E-state index >= 15 is 0 Å². The van der Waals surface area contributed by atoms with E-state index in [1.54, 1.807) is 30.3 Å². The van der Waals surface area contributed by atoms with E-state index in [2.05, 4.69) is 4.72 Å². The fourth-order valence-corrected chi connectivity index (χ4v) is 4.08. The Morgan fingerprint density at radius 1 is 1.13 bits per heavy atom. The van der Waals surface area contributed by atoms with Crippen LogP contribution in [-0.4, -0.2) is 20.7 Å². The molecule has 2 aromatic rings. The van der Waals surface area contributed by atoms with E-state index in [-0.39, 0.29) is 22.8 Å². The second-order valence-electron chi connectivity index (χ2n) is 4.65. The van der Waals surface area contributed by atoms with Crippen LogP contribution in [0.3, 0.4) is 0 Å². The Morgan fingerprint density at radius 2 is 1.83 bits per heavy atom. The SMILES string of the molecule is N#Cc1ccccc1S(=O)(=O)NCCSCc1ccccc1F. The van der Waals surface area contributed by atoms with Gasteiger partial charge in [-0.2, -0.15) is 17.0 Å². The molecule has 0 aliphatic carbocycles. The van der Waals surface area contributed by atoms with Gasteiger partial charge in [-0.1, -0.05) is 30.3 Å². The standard InChI is InChI=1S/C16H15FN2O2S2/c17-15-7-3-1-6-14(15)12-22-10-9-19-23(20,21)16-8-4-2-5-13(16)11-18/h1-8,19H,9-10,12H2. The van der Waals surface area contributed by atoms with Crippen LogP contribution in [0.2, 0.25) is 0 Å².